The van der Waals surface area contributed by atoms with Crippen molar-refractivity contribution in [2.45, 2.75) is 57.8 Å². The van der Waals surface area contributed by atoms with Crippen LogP contribution in [0.2, 0.25) is 5.02 Å². The summed E-state index contributed by atoms with van der Waals surface area (Å²) in [5.41, 5.74) is 4.45. The Bertz CT molecular complexity index is 1290. The molecule has 0 N–H and O–H groups in total. The van der Waals surface area contributed by atoms with Crippen LogP contribution in [0.15, 0.2) is 103 Å². The molecule has 0 aliphatic heterocycles. The number of halogens is 2. The minimum absolute atomic E-state index is 0.153. The van der Waals surface area contributed by atoms with Gasteiger partial charge in [-0.25, -0.2) is 0 Å². The van der Waals surface area contributed by atoms with E-state index in [1.165, 1.54) is 45.4 Å². The molecular weight excluding hydrogens is 555 g/mol. The van der Waals surface area contributed by atoms with E-state index in [1.807, 2.05) is 0 Å². The van der Waals surface area contributed by atoms with Crippen molar-refractivity contribution in [1.29, 1.82) is 0 Å². The van der Waals surface area contributed by atoms with Crippen molar-refractivity contribution in [2.75, 3.05) is 6.16 Å². The van der Waals surface area contributed by atoms with E-state index in [0.29, 0.717) is 0 Å². The van der Waals surface area contributed by atoms with Gasteiger partial charge in [-0.2, -0.15) is 0 Å². The molecule has 0 spiro atoms. The fourth-order valence-electron chi connectivity index (χ4n) is 6.21. The third-order valence-electron chi connectivity index (χ3n) is 8.70. The van der Waals surface area contributed by atoms with E-state index in [4.69, 9.17) is 11.6 Å². The van der Waals surface area contributed by atoms with Gasteiger partial charge in [0.05, 0.1) is 0 Å². The van der Waals surface area contributed by atoms with Crippen molar-refractivity contribution in [3.8, 4) is 0 Å². The van der Waals surface area contributed by atoms with Gasteiger partial charge in [-0.1, -0.05) is 0 Å². The molecule has 4 aromatic carbocycles. The number of benzene rings is 4. The first-order valence-corrected chi connectivity index (χ1v) is 18.1. The van der Waals surface area contributed by atoms with Crippen LogP contribution in [0, 0.1) is 0 Å². The van der Waals surface area contributed by atoms with Crippen LogP contribution in [-0.4, -0.2) is 6.16 Å². The monoisotopic (exact) mass is 590 g/mol. The Kier molecular flexibility index (Phi) is 6.98. The van der Waals surface area contributed by atoms with E-state index in [0.717, 1.165) is 17.6 Å². The molecule has 1 aliphatic rings. The Balaban J connectivity index is 1.70. The second-order valence-electron chi connectivity index (χ2n) is 11.9. The summed E-state index contributed by atoms with van der Waals surface area (Å²) < 4.78 is 0. The van der Waals surface area contributed by atoms with E-state index >= 15 is 0 Å². The molecule has 0 amide bonds. The first-order chi connectivity index (χ1) is 17.6. The van der Waals surface area contributed by atoms with E-state index in [9.17, 15) is 0 Å². The second-order valence-corrected chi connectivity index (χ2v) is 21.4. The number of hydrogen-bond acceptors (Lipinski definition) is 0. The molecule has 5 rings (SSSR count). The molecule has 0 atom stereocenters. The third kappa shape index (κ3) is 4.52. The van der Waals surface area contributed by atoms with Gasteiger partial charge in [0.15, 0.2) is 0 Å². The van der Waals surface area contributed by atoms with Gasteiger partial charge in [0.1, 0.15) is 0 Å². The predicted octanol–water partition coefficient (Wildman–Crippen LogP) is 9.07. The molecule has 0 nitrogen and oxygen atoms in total. The number of rotatable bonds is 6. The second kappa shape index (κ2) is 9.68. The quantitative estimate of drug-likeness (QED) is 0.196. The summed E-state index contributed by atoms with van der Waals surface area (Å²) >= 11 is 11.7. The average Bonchev–Trinajstić information content (AvgIpc) is 2.92. The number of fused-ring (bicyclic) bond motifs is 1. The van der Waals surface area contributed by atoms with Gasteiger partial charge >= 0.3 is 237 Å². The molecule has 0 aromatic heterocycles. The first-order valence-electron chi connectivity index (χ1n) is 13.3. The Hall–Kier alpha value is -1.92. The van der Waals surface area contributed by atoms with E-state index in [1.54, 1.807) is 0 Å². The van der Waals surface area contributed by atoms with E-state index in [-0.39, 0.29) is 10.8 Å². The predicted molar refractivity (Wildman–Crippen MR) is 169 cm³/mol. The molecule has 4 aromatic rings. The Labute approximate surface area is 236 Å². The third-order valence-corrected chi connectivity index (χ3v) is 19.0. The molecule has 37 heavy (non-hydrogen) atoms. The zero-order chi connectivity index (χ0) is 26.3. The van der Waals surface area contributed by atoms with Crippen molar-refractivity contribution in [3.05, 3.63) is 125 Å². The Morgan fingerprint density at radius 3 is 1.43 bits per heavy atom. The molecule has 0 unspecified atom stereocenters. The first kappa shape index (κ1) is 26.7. The molecule has 192 valence electrons. The average molecular weight is 592 g/mol. The molecule has 0 heterocycles. The summed E-state index contributed by atoms with van der Waals surface area (Å²) in [5.74, 6) is 0. The fraction of sp³-hybridized carbons (Fsp3) is 0.294. The van der Waals surface area contributed by atoms with Crippen molar-refractivity contribution >= 4 is 48.3 Å². The van der Waals surface area contributed by atoms with Crippen LogP contribution in [0.25, 0.3) is 0 Å². The van der Waals surface area contributed by atoms with Gasteiger partial charge < -0.3 is 0 Å². The standard InChI is InChI=1S/C34H37BrClP/c1-33(2)21-22-34(3,4)31-25-32(36)26(24-30(31)33)20-23-37(35,27-14-8-5-9-15-27,28-16-10-6-11-17-28)29-18-12-7-13-19-29/h5-19,24-25H,20-23H2,1-4H3. The Morgan fingerprint density at radius 1 is 0.649 bits per heavy atom. The van der Waals surface area contributed by atoms with E-state index in [2.05, 4.69) is 146 Å². The SMILES string of the molecule is CC1(C)CCC(C)(C)c2cc(CCP(Br)(c3ccccc3)(c3ccccc3)c3ccccc3)c(Cl)cc21. The molecule has 0 saturated heterocycles. The van der Waals surface area contributed by atoms with Gasteiger partial charge in [0, 0.05) is 0 Å². The Morgan fingerprint density at radius 2 is 1.03 bits per heavy atom. The summed E-state index contributed by atoms with van der Waals surface area (Å²) in [6, 6.07) is 37.8. The summed E-state index contributed by atoms with van der Waals surface area (Å²) in [7, 11) is 0. The fourth-order valence-corrected chi connectivity index (χ4v) is 13.8. The van der Waals surface area contributed by atoms with Crippen LogP contribution in [0.1, 0.15) is 57.2 Å². The van der Waals surface area contributed by atoms with Crippen LogP contribution in [0.3, 0.4) is 0 Å². The van der Waals surface area contributed by atoms with Crippen molar-refractivity contribution < 1.29 is 0 Å². The van der Waals surface area contributed by atoms with Gasteiger partial charge in [-0.3, -0.25) is 0 Å². The van der Waals surface area contributed by atoms with Crippen LogP contribution in [-0.2, 0) is 17.3 Å². The number of aryl methyl sites for hydroxylation is 1. The van der Waals surface area contributed by atoms with Crippen LogP contribution < -0.4 is 15.9 Å². The molecular formula is C34H37BrClP. The normalized spacial score (nSPS) is 17.4. The topological polar surface area (TPSA) is 0 Å². The van der Waals surface area contributed by atoms with Crippen molar-refractivity contribution in [3.63, 3.8) is 0 Å². The maximum absolute atomic E-state index is 7.09. The minimum atomic E-state index is -3.00. The molecule has 0 saturated carbocycles. The number of hydrogen-bond donors (Lipinski definition) is 0. The zero-order valence-corrected chi connectivity index (χ0v) is 25.6. The molecule has 0 radical (unpaired) electrons. The van der Waals surface area contributed by atoms with Crippen molar-refractivity contribution in [2.24, 2.45) is 0 Å². The van der Waals surface area contributed by atoms with Crippen molar-refractivity contribution in [1.82, 2.24) is 0 Å². The van der Waals surface area contributed by atoms with Gasteiger partial charge in [0.25, 0.3) is 0 Å². The van der Waals surface area contributed by atoms with Crippen LogP contribution in [0.4, 0.5) is 0 Å². The van der Waals surface area contributed by atoms with Gasteiger partial charge in [0.2, 0.25) is 0 Å². The maximum atomic E-state index is 7.09. The van der Waals surface area contributed by atoms with Crippen LogP contribution >= 0.6 is 32.4 Å². The zero-order valence-electron chi connectivity index (χ0n) is 22.3. The summed E-state index contributed by atoms with van der Waals surface area (Å²) in [6.45, 7) is 9.51. The van der Waals surface area contributed by atoms with E-state index < -0.39 is 5.31 Å². The summed E-state index contributed by atoms with van der Waals surface area (Å²) in [4.78, 5) is 0. The molecule has 0 bridgehead atoms. The summed E-state index contributed by atoms with van der Waals surface area (Å²) in [5, 5.41) is 1.95. The molecule has 0 fully saturated rings. The van der Waals surface area contributed by atoms with Gasteiger partial charge in [-0.15, -0.1) is 0 Å². The molecule has 1 aliphatic carbocycles. The van der Waals surface area contributed by atoms with Gasteiger partial charge in [-0.05, 0) is 0 Å². The molecule has 3 heteroatoms. The summed E-state index contributed by atoms with van der Waals surface area (Å²) in [6.07, 6.45) is 4.23. The van der Waals surface area contributed by atoms with Crippen LogP contribution in [0.5, 0.6) is 0 Å².